The van der Waals surface area contributed by atoms with Crippen LogP contribution in [0.5, 0.6) is 5.75 Å². The Balaban J connectivity index is 3.14. The first-order valence-electron chi connectivity index (χ1n) is 4.22. The quantitative estimate of drug-likeness (QED) is 0.731. The third-order valence-electron chi connectivity index (χ3n) is 2.06. The maximum atomic E-state index is 9.62. The lowest BCUT2D eigenvalue weighted by Gasteiger charge is -2.15. The van der Waals surface area contributed by atoms with Crippen LogP contribution in [-0.4, -0.2) is 18.8 Å². The second-order valence-electron chi connectivity index (χ2n) is 2.94. The van der Waals surface area contributed by atoms with Crippen LogP contribution in [0.4, 0.5) is 0 Å². The third-order valence-corrected chi connectivity index (χ3v) is 2.06. The van der Waals surface area contributed by atoms with E-state index in [9.17, 15) is 5.11 Å². The van der Waals surface area contributed by atoms with Crippen molar-refractivity contribution in [3.63, 3.8) is 0 Å². The highest BCUT2D eigenvalue weighted by Gasteiger charge is 2.13. The largest absolute Gasteiger partial charge is 0.496 e. The molecule has 13 heavy (non-hydrogen) atoms. The van der Waals surface area contributed by atoms with E-state index >= 15 is 0 Å². The molecule has 1 aromatic rings. The number of nitrogens with two attached hydrogens (primary N) is 1. The number of hydrogen-bond donors (Lipinski definition) is 2. The zero-order valence-corrected chi connectivity index (χ0v) is 7.95. The average molecular weight is 181 g/mol. The minimum Gasteiger partial charge on any atom is -0.496 e. The summed E-state index contributed by atoms with van der Waals surface area (Å²) in [6, 6.07) is 5.64. The van der Waals surface area contributed by atoms with Crippen LogP contribution in [-0.2, 0) is 0 Å². The van der Waals surface area contributed by atoms with E-state index in [4.69, 9.17) is 10.5 Å². The molecule has 1 rings (SSSR count). The van der Waals surface area contributed by atoms with Crippen LogP contribution < -0.4 is 10.5 Å². The predicted molar refractivity (Wildman–Crippen MR) is 51.7 cm³/mol. The number of rotatable bonds is 3. The average Bonchev–Trinajstić information content (AvgIpc) is 2.16. The van der Waals surface area contributed by atoms with Crippen molar-refractivity contribution in [1.29, 1.82) is 0 Å². The molecule has 3 N–H and O–H groups in total. The first-order chi connectivity index (χ1) is 6.20. The van der Waals surface area contributed by atoms with Crippen LogP contribution in [0, 0.1) is 6.92 Å². The van der Waals surface area contributed by atoms with Gasteiger partial charge in [-0.15, -0.1) is 0 Å². The fourth-order valence-corrected chi connectivity index (χ4v) is 1.38. The summed E-state index contributed by atoms with van der Waals surface area (Å²) in [5, 5.41) is 9.62. The van der Waals surface area contributed by atoms with Gasteiger partial charge in [0.1, 0.15) is 5.75 Å². The number of aryl methyl sites for hydroxylation is 1. The van der Waals surface area contributed by atoms with Crippen molar-refractivity contribution in [3.05, 3.63) is 29.3 Å². The molecule has 0 saturated heterocycles. The summed E-state index contributed by atoms with van der Waals surface area (Å²) in [7, 11) is 1.58. The van der Waals surface area contributed by atoms with Crippen LogP contribution in [0.3, 0.4) is 0 Å². The summed E-state index contributed by atoms with van der Waals surface area (Å²) >= 11 is 0. The van der Waals surface area contributed by atoms with Gasteiger partial charge in [-0.25, -0.2) is 0 Å². The zero-order valence-electron chi connectivity index (χ0n) is 7.95. The van der Waals surface area contributed by atoms with Gasteiger partial charge in [0.15, 0.2) is 0 Å². The monoisotopic (exact) mass is 181 g/mol. The maximum Gasteiger partial charge on any atom is 0.124 e. The van der Waals surface area contributed by atoms with Gasteiger partial charge in [0, 0.05) is 12.1 Å². The Kier molecular flexibility index (Phi) is 3.28. The normalized spacial score (nSPS) is 12.6. The molecule has 0 bridgehead atoms. The highest BCUT2D eigenvalue weighted by Crippen LogP contribution is 2.27. The van der Waals surface area contributed by atoms with E-state index in [0.717, 1.165) is 11.1 Å². The Labute approximate surface area is 78.1 Å². The summed E-state index contributed by atoms with van der Waals surface area (Å²) in [6.07, 6.45) is -0.642. The molecule has 0 aliphatic rings. The van der Waals surface area contributed by atoms with Crippen molar-refractivity contribution in [2.45, 2.75) is 13.0 Å². The number of ether oxygens (including phenoxy) is 1. The van der Waals surface area contributed by atoms with Crippen LogP contribution in [0.2, 0.25) is 0 Å². The van der Waals surface area contributed by atoms with E-state index in [0.29, 0.717) is 5.75 Å². The molecule has 0 radical (unpaired) electrons. The summed E-state index contributed by atoms with van der Waals surface area (Å²) in [5.41, 5.74) is 7.17. The molecule has 1 aromatic carbocycles. The molecule has 0 saturated carbocycles. The van der Waals surface area contributed by atoms with Crippen molar-refractivity contribution in [1.82, 2.24) is 0 Å². The second-order valence-corrected chi connectivity index (χ2v) is 2.94. The molecule has 0 unspecified atom stereocenters. The van der Waals surface area contributed by atoms with Crippen LogP contribution >= 0.6 is 0 Å². The SMILES string of the molecule is COc1cccc(C)c1[C@H](O)CN. The molecule has 0 aromatic heterocycles. The van der Waals surface area contributed by atoms with Crippen molar-refractivity contribution in [3.8, 4) is 5.75 Å². The Morgan fingerprint density at radius 1 is 1.54 bits per heavy atom. The fourth-order valence-electron chi connectivity index (χ4n) is 1.38. The molecule has 0 aliphatic carbocycles. The molecular weight excluding hydrogens is 166 g/mol. The van der Waals surface area contributed by atoms with E-state index in [-0.39, 0.29) is 6.54 Å². The molecule has 1 atom stereocenters. The van der Waals surface area contributed by atoms with Crippen LogP contribution in [0.1, 0.15) is 17.2 Å². The van der Waals surface area contributed by atoms with Gasteiger partial charge in [-0.05, 0) is 18.6 Å². The molecule has 0 fully saturated rings. The van der Waals surface area contributed by atoms with Gasteiger partial charge in [0.05, 0.1) is 13.2 Å². The van der Waals surface area contributed by atoms with Crippen molar-refractivity contribution < 1.29 is 9.84 Å². The van der Waals surface area contributed by atoms with E-state index in [1.54, 1.807) is 7.11 Å². The number of aliphatic hydroxyl groups is 1. The molecule has 3 heteroatoms. The minimum absolute atomic E-state index is 0.210. The van der Waals surface area contributed by atoms with Crippen molar-refractivity contribution in [2.75, 3.05) is 13.7 Å². The van der Waals surface area contributed by atoms with E-state index < -0.39 is 6.10 Å². The molecule has 0 heterocycles. The summed E-state index contributed by atoms with van der Waals surface area (Å²) in [4.78, 5) is 0. The highest BCUT2D eigenvalue weighted by atomic mass is 16.5. The van der Waals surface area contributed by atoms with E-state index in [1.807, 2.05) is 25.1 Å². The number of aliphatic hydroxyl groups excluding tert-OH is 1. The predicted octanol–water partition coefficient (Wildman–Crippen LogP) is 0.996. The molecule has 72 valence electrons. The molecule has 0 spiro atoms. The van der Waals surface area contributed by atoms with Crippen LogP contribution in [0.15, 0.2) is 18.2 Å². The van der Waals surface area contributed by atoms with Gasteiger partial charge in [0.25, 0.3) is 0 Å². The second kappa shape index (κ2) is 4.25. The Morgan fingerprint density at radius 3 is 2.77 bits per heavy atom. The van der Waals surface area contributed by atoms with Crippen LogP contribution in [0.25, 0.3) is 0 Å². The third kappa shape index (κ3) is 1.99. The minimum atomic E-state index is -0.642. The lowest BCUT2D eigenvalue weighted by molar-refractivity contribution is 0.181. The number of methoxy groups -OCH3 is 1. The smallest absolute Gasteiger partial charge is 0.124 e. The van der Waals surface area contributed by atoms with Gasteiger partial charge in [-0.2, -0.15) is 0 Å². The summed E-state index contributed by atoms with van der Waals surface area (Å²) in [6.45, 7) is 2.14. The Morgan fingerprint density at radius 2 is 2.23 bits per heavy atom. The summed E-state index contributed by atoms with van der Waals surface area (Å²) in [5.74, 6) is 0.693. The van der Waals surface area contributed by atoms with Gasteiger partial charge in [-0.1, -0.05) is 12.1 Å². The van der Waals surface area contributed by atoms with E-state index in [2.05, 4.69) is 0 Å². The molecule has 3 nitrogen and oxygen atoms in total. The lowest BCUT2D eigenvalue weighted by atomic mass is 10.0. The first-order valence-corrected chi connectivity index (χ1v) is 4.22. The Bertz CT molecular complexity index is 286. The number of benzene rings is 1. The van der Waals surface area contributed by atoms with Crippen molar-refractivity contribution in [2.24, 2.45) is 5.73 Å². The van der Waals surface area contributed by atoms with Gasteiger partial charge in [0.2, 0.25) is 0 Å². The highest BCUT2D eigenvalue weighted by molar-refractivity contribution is 5.41. The summed E-state index contributed by atoms with van der Waals surface area (Å²) < 4.78 is 5.13. The van der Waals surface area contributed by atoms with Gasteiger partial charge >= 0.3 is 0 Å². The van der Waals surface area contributed by atoms with Gasteiger partial charge in [-0.3, -0.25) is 0 Å². The lowest BCUT2D eigenvalue weighted by Crippen LogP contribution is -2.13. The molecule has 0 amide bonds. The number of hydrogen-bond acceptors (Lipinski definition) is 3. The van der Waals surface area contributed by atoms with E-state index in [1.165, 1.54) is 0 Å². The Hall–Kier alpha value is -1.06. The maximum absolute atomic E-state index is 9.62. The molecular formula is C10H15NO2. The molecule has 0 aliphatic heterocycles. The fraction of sp³-hybridized carbons (Fsp3) is 0.400. The zero-order chi connectivity index (χ0) is 9.84. The topological polar surface area (TPSA) is 55.5 Å². The standard InChI is InChI=1S/C10H15NO2/c1-7-4-3-5-9(13-2)10(7)8(12)6-11/h3-5,8,12H,6,11H2,1-2H3/t8-/m1/s1. The van der Waals surface area contributed by atoms with Crippen molar-refractivity contribution >= 4 is 0 Å². The van der Waals surface area contributed by atoms with Gasteiger partial charge < -0.3 is 15.6 Å². The first kappa shape index (κ1) is 10.0.